The van der Waals surface area contributed by atoms with Gasteiger partial charge in [-0.1, -0.05) is 13.8 Å². The van der Waals surface area contributed by atoms with Gasteiger partial charge in [0, 0.05) is 17.7 Å². The monoisotopic (exact) mass is 177 g/mol. The van der Waals surface area contributed by atoms with Crippen molar-refractivity contribution in [1.82, 2.24) is 9.97 Å². The maximum absolute atomic E-state index is 11.3. The van der Waals surface area contributed by atoms with Crippen LogP contribution in [-0.2, 0) is 6.42 Å². The summed E-state index contributed by atoms with van der Waals surface area (Å²) < 4.78 is 0. The van der Waals surface area contributed by atoms with Crippen LogP contribution in [-0.4, -0.2) is 9.97 Å². The Labute approximate surface area is 76.2 Å². The van der Waals surface area contributed by atoms with Gasteiger partial charge in [0.05, 0.1) is 12.5 Å². The van der Waals surface area contributed by atoms with E-state index >= 15 is 0 Å². The third-order valence-electron chi connectivity index (χ3n) is 1.71. The lowest BCUT2D eigenvalue weighted by Crippen LogP contribution is -2.16. The van der Waals surface area contributed by atoms with E-state index in [4.69, 9.17) is 5.26 Å². The molecule has 68 valence electrons. The van der Waals surface area contributed by atoms with Gasteiger partial charge in [-0.2, -0.15) is 5.26 Å². The van der Waals surface area contributed by atoms with Gasteiger partial charge in [-0.15, -0.1) is 0 Å². The Kier molecular flexibility index (Phi) is 2.80. The van der Waals surface area contributed by atoms with Crippen molar-refractivity contribution in [2.45, 2.75) is 26.2 Å². The molecule has 0 saturated heterocycles. The van der Waals surface area contributed by atoms with E-state index in [1.165, 1.54) is 6.20 Å². The molecule has 0 fully saturated rings. The molecule has 0 radical (unpaired) electrons. The second kappa shape index (κ2) is 3.85. The van der Waals surface area contributed by atoms with E-state index < -0.39 is 0 Å². The Morgan fingerprint density at radius 3 is 2.85 bits per heavy atom. The Hall–Kier alpha value is -1.63. The first-order chi connectivity index (χ1) is 6.15. The predicted octanol–water partition coefficient (Wildman–Crippen LogP) is 0.959. The molecule has 0 atom stereocenters. The first-order valence-electron chi connectivity index (χ1n) is 4.10. The van der Waals surface area contributed by atoms with E-state index in [1.54, 1.807) is 0 Å². The lowest BCUT2D eigenvalue weighted by atomic mass is 10.2. The third kappa shape index (κ3) is 2.15. The molecule has 0 saturated carbocycles. The summed E-state index contributed by atoms with van der Waals surface area (Å²) in [6.07, 6.45) is 1.58. The number of aromatic amines is 1. The number of hydrogen-bond donors (Lipinski definition) is 1. The molecule has 13 heavy (non-hydrogen) atoms. The van der Waals surface area contributed by atoms with E-state index in [9.17, 15) is 4.79 Å². The normalized spacial score (nSPS) is 10.0. The second-order valence-corrected chi connectivity index (χ2v) is 3.11. The lowest BCUT2D eigenvalue weighted by Gasteiger charge is -2.03. The number of nitrogens with one attached hydrogen (secondary N) is 1. The molecule has 0 aliphatic heterocycles. The van der Waals surface area contributed by atoms with Crippen LogP contribution in [0.25, 0.3) is 0 Å². The summed E-state index contributed by atoms with van der Waals surface area (Å²) in [4.78, 5) is 18.0. The predicted molar refractivity (Wildman–Crippen MR) is 48.3 cm³/mol. The van der Waals surface area contributed by atoms with Gasteiger partial charge >= 0.3 is 0 Å². The fraction of sp³-hybridized carbons (Fsp3) is 0.444. The van der Waals surface area contributed by atoms with Crippen molar-refractivity contribution in [3.8, 4) is 6.07 Å². The zero-order valence-electron chi connectivity index (χ0n) is 7.66. The summed E-state index contributed by atoms with van der Waals surface area (Å²) >= 11 is 0. The minimum Gasteiger partial charge on any atom is -0.310 e. The van der Waals surface area contributed by atoms with Gasteiger partial charge in [0.15, 0.2) is 0 Å². The summed E-state index contributed by atoms with van der Waals surface area (Å²) in [5.41, 5.74) is 0.215. The first kappa shape index (κ1) is 9.46. The van der Waals surface area contributed by atoms with Gasteiger partial charge in [-0.05, 0) is 0 Å². The van der Waals surface area contributed by atoms with Crippen LogP contribution in [0.3, 0.4) is 0 Å². The fourth-order valence-corrected chi connectivity index (χ4v) is 0.939. The molecular weight excluding hydrogens is 166 g/mol. The average Bonchev–Trinajstić information content (AvgIpc) is 2.08. The molecule has 0 aliphatic carbocycles. The molecule has 0 spiro atoms. The number of hydrogen-bond acceptors (Lipinski definition) is 3. The molecule has 1 heterocycles. The largest absolute Gasteiger partial charge is 0.310 e. The Morgan fingerprint density at radius 2 is 2.38 bits per heavy atom. The highest BCUT2D eigenvalue weighted by atomic mass is 16.1. The van der Waals surface area contributed by atoms with E-state index in [0.717, 1.165) is 0 Å². The van der Waals surface area contributed by atoms with Gasteiger partial charge in [0.1, 0.15) is 5.82 Å². The third-order valence-corrected chi connectivity index (χ3v) is 1.71. The van der Waals surface area contributed by atoms with Gasteiger partial charge < -0.3 is 4.98 Å². The summed E-state index contributed by atoms with van der Waals surface area (Å²) in [6.45, 7) is 3.89. The molecule has 1 N–H and O–H groups in total. The lowest BCUT2D eigenvalue weighted by molar-refractivity contribution is 0.760. The molecule has 0 aliphatic rings. The summed E-state index contributed by atoms with van der Waals surface area (Å²) in [5.74, 6) is 0.857. The standard InChI is InChI=1S/C9H11N3O/c1-6(2)8-11-5-7(3-4-10)9(13)12-8/h5-6H,3H2,1-2H3,(H,11,12,13). The number of H-pyrrole nitrogens is 1. The maximum Gasteiger partial charge on any atom is 0.255 e. The molecule has 1 aromatic rings. The van der Waals surface area contributed by atoms with E-state index in [1.807, 2.05) is 19.9 Å². The molecule has 4 nitrogen and oxygen atoms in total. The van der Waals surface area contributed by atoms with Crippen molar-refractivity contribution < 1.29 is 0 Å². The van der Waals surface area contributed by atoms with Gasteiger partial charge in [-0.25, -0.2) is 4.98 Å². The SMILES string of the molecule is CC(C)c1ncc(CC#N)c(=O)[nH]1. The highest BCUT2D eigenvalue weighted by molar-refractivity contribution is 5.11. The molecule has 4 heteroatoms. The minimum absolute atomic E-state index is 0.112. The van der Waals surface area contributed by atoms with Crippen molar-refractivity contribution in [3.05, 3.63) is 27.9 Å². The summed E-state index contributed by atoms with van der Waals surface area (Å²) in [5, 5.41) is 8.39. The van der Waals surface area contributed by atoms with Gasteiger partial charge in [0.25, 0.3) is 5.56 Å². The van der Waals surface area contributed by atoms with Crippen LogP contribution in [0.15, 0.2) is 11.0 Å². The van der Waals surface area contributed by atoms with Crippen LogP contribution >= 0.6 is 0 Å². The summed E-state index contributed by atoms with van der Waals surface area (Å²) in [7, 11) is 0. The zero-order chi connectivity index (χ0) is 9.84. The molecule has 1 rings (SSSR count). The van der Waals surface area contributed by atoms with Crippen molar-refractivity contribution in [3.63, 3.8) is 0 Å². The Bertz CT molecular complexity index is 387. The second-order valence-electron chi connectivity index (χ2n) is 3.11. The van der Waals surface area contributed by atoms with Crippen molar-refractivity contribution in [1.29, 1.82) is 5.26 Å². The molecule has 1 aromatic heterocycles. The fourth-order valence-electron chi connectivity index (χ4n) is 0.939. The summed E-state index contributed by atoms with van der Waals surface area (Å²) in [6, 6.07) is 1.91. The van der Waals surface area contributed by atoms with Crippen LogP contribution in [0.2, 0.25) is 0 Å². The zero-order valence-corrected chi connectivity index (χ0v) is 7.66. The topological polar surface area (TPSA) is 69.5 Å². The van der Waals surface area contributed by atoms with Crippen LogP contribution in [0, 0.1) is 11.3 Å². The van der Waals surface area contributed by atoms with Crippen molar-refractivity contribution >= 4 is 0 Å². The van der Waals surface area contributed by atoms with Gasteiger partial charge in [0.2, 0.25) is 0 Å². The number of nitriles is 1. The molecule has 0 bridgehead atoms. The van der Waals surface area contributed by atoms with E-state index in [0.29, 0.717) is 11.4 Å². The number of nitrogens with zero attached hydrogens (tertiary/aromatic N) is 2. The van der Waals surface area contributed by atoms with Crippen molar-refractivity contribution in [2.75, 3.05) is 0 Å². The Morgan fingerprint density at radius 1 is 1.69 bits per heavy atom. The maximum atomic E-state index is 11.3. The minimum atomic E-state index is -0.208. The number of aromatic nitrogens is 2. The molecule has 0 aromatic carbocycles. The van der Waals surface area contributed by atoms with Crippen molar-refractivity contribution in [2.24, 2.45) is 0 Å². The first-order valence-corrected chi connectivity index (χ1v) is 4.10. The quantitative estimate of drug-likeness (QED) is 0.731. The number of rotatable bonds is 2. The van der Waals surface area contributed by atoms with Crippen LogP contribution in [0.5, 0.6) is 0 Å². The highest BCUT2D eigenvalue weighted by Gasteiger charge is 2.04. The van der Waals surface area contributed by atoms with Gasteiger partial charge in [-0.3, -0.25) is 4.79 Å². The van der Waals surface area contributed by atoms with E-state index in [2.05, 4.69) is 9.97 Å². The smallest absolute Gasteiger partial charge is 0.255 e. The van der Waals surface area contributed by atoms with Crippen LogP contribution in [0.1, 0.15) is 31.2 Å². The highest BCUT2D eigenvalue weighted by Crippen LogP contribution is 2.05. The van der Waals surface area contributed by atoms with Crippen LogP contribution < -0.4 is 5.56 Å². The van der Waals surface area contributed by atoms with E-state index in [-0.39, 0.29) is 17.9 Å². The molecule has 0 unspecified atom stereocenters. The Balaban J connectivity index is 3.08. The van der Waals surface area contributed by atoms with Crippen LogP contribution in [0.4, 0.5) is 0 Å². The average molecular weight is 177 g/mol. The molecule has 0 amide bonds. The molecular formula is C9H11N3O.